The van der Waals surface area contributed by atoms with Crippen LogP contribution < -0.4 is 10.6 Å². The zero-order chi connectivity index (χ0) is 42.5. The molecule has 0 saturated carbocycles. The number of amides is 2. The normalized spacial score (nSPS) is 30.8. The zero-order valence-electron chi connectivity index (χ0n) is 31.0. The van der Waals surface area contributed by atoms with Gasteiger partial charge < -0.3 is 24.6 Å². The Balaban J connectivity index is 0.938. The first-order valence-electron chi connectivity index (χ1n) is 18.3. The summed E-state index contributed by atoms with van der Waals surface area (Å²) in [5.41, 5.74) is 1.06. The van der Waals surface area contributed by atoms with Gasteiger partial charge in [0.25, 0.3) is 11.8 Å². The minimum absolute atomic E-state index is 0.0313. The number of halogens is 2. The first-order valence-corrected chi connectivity index (χ1v) is 23.7. The van der Waals surface area contributed by atoms with Crippen molar-refractivity contribution < 1.29 is 55.1 Å². The number of nitrogens with zero attached hydrogens (tertiary/aromatic N) is 8. The van der Waals surface area contributed by atoms with E-state index in [0.29, 0.717) is 11.1 Å². The van der Waals surface area contributed by atoms with Crippen LogP contribution in [0.25, 0.3) is 22.3 Å². The number of benzene rings is 2. The summed E-state index contributed by atoms with van der Waals surface area (Å²) in [5, 5.41) is 5.34. The average molecular weight is 917 g/mol. The molecule has 61 heavy (non-hydrogen) atoms. The highest BCUT2D eigenvalue weighted by atomic mass is 32.7. The Morgan fingerprint density at radius 1 is 0.656 bits per heavy atom. The lowest BCUT2D eigenvalue weighted by Crippen LogP contribution is -2.33. The molecule has 26 heteroatoms. The van der Waals surface area contributed by atoms with Crippen LogP contribution in [0.2, 0.25) is 0 Å². The fraction of sp³-hybridized carbons (Fsp3) is 0.314. The Bertz CT molecular complexity index is 2710. The number of hydrogen-bond acceptors (Lipinski definition) is 16. The smallest absolute Gasteiger partial charge is 0.349 e. The van der Waals surface area contributed by atoms with Gasteiger partial charge in [-0.2, -0.15) is 0 Å². The van der Waals surface area contributed by atoms with Crippen molar-refractivity contribution in [1.82, 2.24) is 39.0 Å². The first-order chi connectivity index (χ1) is 29.4. The Kier molecular flexibility index (Phi) is 11.5. The number of rotatable bonds is 6. The minimum Gasteiger partial charge on any atom is -0.349 e. The third-order valence-electron chi connectivity index (χ3n) is 9.90. The lowest BCUT2D eigenvalue weighted by molar-refractivity contribution is -0.0423. The number of hydrogen-bond donors (Lipinski definition) is 4. The van der Waals surface area contributed by atoms with Gasteiger partial charge in [-0.3, -0.25) is 32.3 Å². The van der Waals surface area contributed by atoms with Crippen molar-refractivity contribution in [3.8, 4) is 0 Å². The summed E-state index contributed by atoms with van der Waals surface area (Å²) in [5.74, 6) is -0.868. The Morgan fingerprint density at radius 3 is 1.62 bits per heavy atom. The van der Waals surface area contributed by atoms with Crippen molar-refractivity contribution in [3.63, 3.8) is 0 Å². The predicted octanol–water partition coefficient (Wildman–Crippen LogP) is 5.92. The van der Waals surface area contributed by atoms with Crippen molar-refractivity contribution in [2.75, 3.05) is 23.8 Å². The molecule has 3 fully saturated rings. The molecule has 318 valence electrons. The molecule has 3 saturated heterocycles. The summed E-state index contributed by atoms with van der Waals surface area (Å²) in [7, 11) is 0. The van der Waals surface area contributed by atoms with Gasteiger partial charge in [0.2, 0.25) is 0 Å². The molecule has 3 aliphatic heterocycles. The number of ether oxygens (including phenoxy) is 2. The van der Waals surface area contributed by atoms with Crippen LogP contribution in [0.15, 0.2) is 86.0 Å². The van der Waals surface area contributed by atoms with Crippen LogP contribution in [0, 0.1) is 0 Å². The van der Waals surface area contributed by atoms with E-state index in [9.17, 15) is 18.7 Å². The van der Waals surface area contributed by atoms with Crippen LogP contribution in [0.3, 0.4) is 0 Å². The highest BCUT2D eigenvalue weighted by Crippen LogP contribution is 2.60. The van der Waals surface area contributed by atoms with Crippen molar-refractivity contribution in [3.05, 3.63) is 97.1 Å². The largest absolute Gasteiger partial charge is 0.386 e. The third-order valence-corrected chi connectivity index (χ3v) is 13.2. The predicted molar refractivity (Wildman–Crippen MR) is 217 cm³/mol. The molecular formula is C35H32F2N10O10P2S2. The molecule has 2 aromatic carbocycles. The lowest BCUT2D eigenvalue weighted by atomic mass is 10.1. The van der Waals surface area contributed by atoms with Gasteiger partial charge in [-0.1, -0.05) is 60.9 Å². The molecule has 2 amide bonds. The van der Waals surface area contributed by atoms with Crippen molar-refractivity contribution in [1.29, 1.82) is 0 Å². The number of anilines is 2. The van der Waals surface area contributed by atoms with E-state index in [1.807, 2.05) is 0 Å². The van der Waals surface area contributed by atoms with Gasteiger partial charge in [0, 0.05) is 17.5 Å². The van der Waals surface area contributed by atoms with E-state index in [0.717, 1.165) is 12.7 Å². The van der Waals surface area contributed by atoms with Crippen LogP contribution in [0.4, 0.5) is 20.4 Å². The molecule has 6 aromatic rings. The van der Waals surface area contributed by atoms with E-state index in [1.165, 1.54) is 21.8 Å². The maximum absolute atomic E-state index is 16.6. The molecule has 20 nitrogen and oxygen atoms in total. The van der Waals surface area contributed by atoms with Crippen molar-refractivity contribution in [2.24, 2.45) is 0 Å². The van der Waals surface area contributed by atoms with Crippen LogP contribution in [-0.2, 0) is 36.7 Å². The molecule has 3 aliphatic rings. The standard InChI is InChI=1S/C35H32F2N10O10P2S2/c36-22-26-20(54-34(22)46-16-42-24-28(38-14-40-30(24)46)44-32(48)18-7-3-1-4-8-18)11-12-52-58(50,60)57-27-21(13-53-59(51,61)56-26)55-35(23(27)37)47-17-43-25-29(39-15-41-31(25)47)45-33(49)19-9-5-2-6-10-19/h1-10,14-17,20-23,26-27,34-35H,11-13H2,(H,50,60)(H,51,61)(H,38,40,44,48)(H,39,41,45,49)/t20-,21-,22-,23-,26-,27-,34-,35-,58-,59-/m1/s1. The molecule has 0 unspecified atom stereocenters. The van der Waals surface area contributed by atoms with Gasteiger partial charge in [-0.25, -0.2) is 47.8 Å². The summed E-state index contributed by atoms with van der Waals surface area (Å²) in [6.07, 6.45) is -8.72. The fourth-order valence-electron chi connectivity index (χ4n) is 7.07. The number of alkyl halides is 2. The van der Waals surface area contributed by atoms with Crippen LogP contribution in [0.1, 0.15) is 39.6 Å². The number of aromatic nitrogens is 8. The molecule has 10 atom stereocenters. The van der Waals surface area contributed by atoms with Gasteiger partial charge in [0.05, 0.1) is 32.0 Å². The summed E-state index contributed by atoms with van der Waals surface area (Å²) >= 11 is 8.18. The van der Waals surface area contributed by atoms with E-state index >= 15 is 8.78 Å². The molecule has 9 rings (SSSR count). The Hall–Kier alpha value is -4.74. The SMILES string of the molecule is O=C(Nc1ncnc2c1ncn2[C@@H]1O[C@@H]2CCO[P@@](=O)(S)O[C@H]3[C@@H](F)[C@H](n4cnc5c(NC(=O)c6ccccc6)ncnc54)O[C@@H]3CO[P@@](=O)(S)O[C@H]2[C@H]1F)c1ccccc1. The topological polar surface area (TPSA) is 235 Å². The van der Waals surface area contributed by atoms with Gasteiger partial charge in [-0.05, 0) is 24.3 Å². The van der Waals surface area contributed by atoms with Gasteiger partial charge in [0.1, 0.15) is 31.0 Å². The molecule has 0 spiro atoms. The van der Waals surface area contributed by atoms with E-state index in [2.05, 4.69) is 65.0 Å². The summed E-state index contributed by atoms with van der Waals surface area (Å²) in [6.45, 7) is -10.1. The first kappa shape index (κ1) is 41.6. The second-order valence-electron chi connectivity index (χ2n) is 13.7. The van der Waals surface area contributed by atoms with E-state index in [1.54, 1.807) is 60.7 Å². The van der Waals surface area contributed by atoms with Gasteiger partial charge in [0.15, 0.2) is 58.8 Å². The average Bonchev–Trinajstić information content (AvgIpc) is 4.02. The van der Waals surface area contributed by atoms with E-state index < -0.39 is 87.8 Å². The van der Waals surface area contributed by atoms with Gasteiger partial charge in [-0.15, -0.1) is 0 Å². The third kappa shape index (κ3) is 8.44. The van der Waals surface area contributed by atoms with Crippen molar-refractivity contribution in [2.45, 2.75) is 55.6 Å². The number of fused-ring (bicyclic) bond motifs is 4. The molecular weight excluding hydrogens is 885 g/mol. The number of carbonyl (C=O) groups is 2. The maximum Gasteiger partial charge on any atom is 0.386 e. The fourth-order valence-corrected chi connectivity index (χ4v) is 10.1. The number of imidazole rings is 2. The molecule has 4 aromatic heterocycles. The van der Waals surface area contributed by atoms with E-state index in [4.69, 9.17) is 27.6 Å². The molecule has 2 N–H and O–H groups in total. The monoisotopic (exact) mass is 916 g/mol. The number of nitrogens with one attached hydrogen (secondary N) is 2. The van der Waals surface area contributed by atoms with Crippen LogP contribution >= 0.6 is 38.1 Å². The maximum atomic E-state index is 16.6. The number of carbonyl (C=O) groups excluding carboxylic acids is 2. The lowest BCUT2D eigenvalue weighted by Gasteiger charge is -2.24. The molecule has 0 aliphatic carbocycles. The summed E-state index contributed by atoms with van der Waals surface area (Å²) in [6, 6.07) is 16.7. The second-order valence-corrected chi connectivity index (χ2v) is 19.5. The van der Waals surface area contributed by atoms with Crippen LogP contribution in [0.5, 0.6) is 0 Å². The number of thiol groups is 2. The summed E-state index contributed by atoms with van der Waals surface area (Å²) in [4.78, 5) is 51.0. The Morgan fingerprint density at radius 2 is 1.11 bits per heavy atom. The quantitative estimate of drug-likeness (QED) is 0.112. The van der Waals surface area contributed by atoms with Crippen molar-refractivity contribution >= 4 is 83.9 Å². The molecule has 7 heterocycles. The molecule has 0 bridgehead atoms. The van der Waals surface area contributed by atoms with Crippen LogP contribution in [-0.4, -0.2) is 101 Å². The zero-order valence-corrected chi connectivity index (χ0v) is 34.6. The second kappa shape index (κ2) is 16.9. The highest BCUT2D eigenvalue weighted by molar-refractivity contribution is 8.44. The highest BCUT2D eigenvalue weighted by Gasteiger charge is 2.53. The minimum atomic E-state index is -4.52. The van der Waals surface area contributed by atoms with E-state index in [-0.39, 0.29) is 40.4 Å². The molecule has 0 radical (unpaired) electrons. The van der Waals surface area contributed by atoms with Gasteiger partial charge >= 0.3 is 13.6 Å². The summed E-state index contributed by atoms with van der Waals surface area (Å²) < 4.78 is 97.3. The Labute approximate surface area is 353 Å².